The molecule has 1 aromatic rings. The summed E-state index contributed by atoms with van der Waals surface area (Å²) < 4.78 is 0. The van der Waals surface area contributed by atoms with Gasteiger partial charge in [-0.15, -0.1) is 0 Å². The van der Waals surface area contributed by atoms with E-state index >= 15 is 0 Å². The van der Waals surface area contributed by atoms with Crippen molar-refractivity contribution in [3.8, 4) is 5.75 Å². The summed E-state index contributed by atoms with van der Waals surface area (Å²) in [5.41, 5.74) is 16.6. The first-order valence-electron chi connectivity index (χ1n) is 11.8. The highest BCUT2D eigenvalue weighted by Gasteiger charge is 2.32. The second-order valence-corrected chi connectivity index (χ2v) is 8.71. The number of nitrogens with zero attached hydrogens (tertiary/aromatic N) is 1. The SMILES string of the molecule is CC(O)C(N)C(=O)NC(CC(=O)O)C(=O)NC(CCCN=C(N)N)C(=O)NC(Cc1ccc(O)cc1)C(=O)O. The van der Waals surface area contributed by atoms with E-state index in [0.717, 1.165) is 0 Å². The summed E-state index contributed by atoms with van der Waals surface area (Å²) >= 11 is 0. The Labute approximate surface area is 223 Å². The van der Waals surface area contributed by atoms with Crippen molar-refractivity contribution in [2.45, 2.75) is 62.9 Å². The van der Waals surface area contributed by atoms with Crippen LogP contribution in [0.4, 0.5) is 0 Å². The highest BCUT2D eigenvalue weighted by atomic mass is 16.4. The quantitative estimate of drug-likeness (QED) is 0.0547. The number of aliphatic hydroxyl groups excluding tert-OH is 1. The highest BCUT2D eigenvalue weighted by Crippen LogP contribution is 2.12. The van der Waals surface area contributed by atoms with Gasteiger partial charge < -0.3 is 53.6 Å². The minimum absolute atomic E-state index is 0.0318. The Bertz CT molecular complexity index is 1040. The fourth-order valence-corrected chi connectivity index (χ4v) is 3.26. The summed E-state index contributed by atoms with van der Waals surface area (Å²) in [6.07, 6.45) is -2.24. The van der Waals surface area contributed by atoms with Crippen molar-refractivity contribution in [3.63, 3.8) is 0 Å². The van der Waals surface area contributed by atoms with Crippen LogP contribution in [0.2, 0.25) is 0 Å². The third-order valence-electron chi connectivity index (χ3n) is 5.40. The van der Waals surface area contributed by atoms with E-state index in [1.54, 1.807) is 0 Å². The van der Waals surface area contributed by atoms with Gasteiger partial charge in [0.2, 0.25) is 17.7 Å². The molecule has 13 N–H and O–H groups in total. The number of carbonyl (C=O) groups is 5. The molecule has 0 radical (unpaired) electrons. The average molecular weight is 554 g/mol. The maximum Gasteiger partial charge on any atom is 0.326 e. The van der Waals surface area contributed by atoms with Gasteiger partial charge in [-0.2, -0.15) is 0 Å². The zero-order valence-electron chi connectivity index (χ0n) is 21.2. The van der Waals surface area contributed by atoms with Gasteiger partial charge in [-0.1, -0.05) is 12.1 Å². The lowest BCUT2D eigenvalue weighted by atomic mass is 10.0. The molecule has 0 heterocycles. The second-order valence-electron chi connectivity index (χ2n) is 8.71. The van der Waals surface area contributed by atoms with E-state index in [9.17, 15) is 44.4 Å². The minimum Gasteiger partial charge on any atom is -0.508 e. The standard InChI is InChI=1S/C23H35N7O9/c1-11(31)18(24)21(37)29-15(10-17(33)34)20(36)28-14(3-2-8-27-23(25)26)19(35)30-16(22(38)39)9-12-4-6-13(32)7-5-12/h4-7,11,14-16,18,31-32H,2-3,8-10,24H2,1H3,(H,28,36)(H,29,37)(H,30,35)(H,33,34)(H,38,39)(H4,25,26,27). The van der Waals surface area contributed by atoms with Crippen molar-refractivity contribution >= 4 is 35.6 Å². The number of aromatic hydroxyl groups is 1. The van der Waals surface area contributed by atoms with E-state index in [-0.39, 0.29) is 37.5 Å². The van der Waals surface area contributed by atoms with E-state index in [0.29, 0.717) is 5.56 Å². The van der Waals surface area contributed by atoms with Gasteiger partial charge in [-0.3, -0.25) is 24.2 Å². The molecule has 216 valence electrons. The Morgan fingerprint density at radius 3 is 1.95 bits per heavy atom. The summed E-state index contributed by atoms with van der Waals surface area (Å²) in [5.74, 6) is -6.02. The van der Waals surface area contributed by atoms with Crippen LogP contribution in [-0.4, -0.2) is 92.9 Å². The fraction of sp³-hybridized carbons (Fsp3) is 0.478. The van der Waals surface area contributed by atoms with Crippen LogP contribution in [0.3, 0.4) is 0 Å². The molecular weight excluding hydrogens is 518 g/mol. The first-order valence-corrected chi connectivity index (χ1v) is 11.8. The zero-order valence-corrected chi connectivity index (χ0v) is 21.2. The highest BCUT2D eigenvalue weighted by molar-refractivity contribution is 5.95. The number of hydrogen-bond acceptors (Lipinski definition) is 9. The number of aliphatic hydroxyl groups is 1. The predicted molar refractivity (Wildman–Crippen MR) is 137 cm³/mol. The monoisotopic (exact) mass is 553 g/mol. The molecule has 0 bridgehead atoms. The molecule has 0 aliphatic rings. The molecule has 5 unspecified atom stereocenters. The zero-order chi connectivity index (χ0) is 29.7. The first kappa shape index (κ1) is 32.6. The molecule has 3 amide bonds. The van der Waals surface area contributed by atoms with Crippen molar-refractivity contribution in [2.75, 3.05) is 6.54 Å². The molecule has 5 atom stereocenters. The molecule has 16 heteroatoms. The number of aliphatic imine (C=N–C) groups is 1. The van der Waals surface area contributed by atoms with Crippen molar-refractivity contribution < 1.29 is 44.4 Å². The van der Waals surface area contributed by atoms with Crippen molar-refractivity contribution in [3.05, 3.63) is 29.8 Å². The van der Waals surface area contributed by atoms with Crippen LogP contribution in [0.25, 0.3) is 0 Å². The number of benzene rings is 1. The summed E-state index contributed by atoms with van der Waals surface area (Å²) in [6.45, 7) is 1.29. The predicted octanol–water partition coefficient (Wildman–Crippen LogP) is -3.29. The van der Waals surface area contributed by atoms with Crippen molar-refractivity contribution in [1.82, 2.24) is 16.0 Å². The Morgan fingerprint density at radius 2 is 1.44 bits per heavy atom. The topological polar surface area (TPSA) is 293 Å². The van der Waals surface area contributed by atoms with E-state index < -0.39 is 66.4 Å². The lowest BCUT2D eigenvalue weighted by molar-refractivity contribution is -0.143. The number of carbonyl (C=O) groups excluding carboxylic acids is 3. The van der Waals surface area contributed by atoms with Gasteiger partial charge in [-0.05, 0) is 37.5 Å². The van der Waals surface area contributed by atoms with Gasteiger partial charge in [0.15, 0.2) is 5.96 Å². The number of carboxylic acids is 2. The maximum atomic E-state index is 13.1. The van der Waals surface area contributed by atoms with Crippen molar-refractivity contribution in [1.29, 1.82) is 0 Å². The normalized spacial score (nSPS) is 14.5. The number of phenols is 1. The molecule has 0 spiro atoms. The largest absolute Gasteiger partial charge is 0.508 e. The maximum absolute atomic E-state index is 13.1. The molecule has 0 fully saturated rings. The van der Waals surface area contributed by atoms with E-state index in [1.165, 1.54) is 31.2 Å². The summed E-state index contributed by atoms with van der Waals surface area (Å²) in [4.78, 5) is 65.1. The first-order chi connectivity index (χ1) is 18.2. The molecule has 0 saturated heterocycles. The minimum atomic E-state index is -1.67. The molecule has 39 heavy (non-hydrogen) atoms. The second kappa shape index (κ2) is 15.7. The van der Waals surface area contributed by atoms with Crippen molar-refractivity contribution in [2.24, 2.45) is 22.2 Å². The number of guanidine groups is 1. The Morgan fingerprint density at radius 1 is 0.897 bits per heavy atom. The number of amides is 3. The third kappa shape index (κ3) is 12.1. The molecule has 1 aromatic carbocycles. The number of nitrogens with one attached hydrogen (secondary N) is 3. The smallest absolute Gasteiger partial charge is 0.326 e. The number of hydrogen-bond donors (Lipinski definition) is 10. The molecule has 0 saturated carbocycles. The van der Waals surface area contributed by atoms with E-state index in [1.807, 2.05) is 0 Å². The lowest BCUT2D eigenvalue weighted by Crippen LogP contribution is -2.58. The Hall–Kier alpha value is -4.44. The van der Waals surface area contributed by atoms with Gasteiger partial charge in [0.05, 0.1) is 12.5 Å². The number of phenolic OH excluding ortho intramolecular Hbond substituents is 1. The van der Waals surface area contributed by atoms with Crippen LogP contribution >= 0.6 is 0 Å². The fourth-order valence-electron chi connectivity index (χ4n) is 3.26. The van der Waals surface area contributed by atoms with Gasteiger partial charge in [-0.25, -0.2) is 4.79 Å². The van der Waals surface area contributed by atoms with E-state index in [4.69, 9.17) is 17.2 Å². The van der Waals surface area contributed by atoms with Gasteiger partial charge >= 0.3 is 11.9 Å². The van der Waals surface area contributed by atoms with Gasteiger partial charge in [0, 0.05) is 13.0 Å². The molecule has 16 nitrogen and oxygen atoms in total. The van der Waals surface area contributed by atoms with Crippen LogP contribution in [0.15, 0.2) is 29.3 Å². The average Bonchev–Trinajstić information content (AvgIpc) is 2.84. The molecule has 0 aromatic heterocycles. The van der Waals surface area contributed by atoms with Crippen LogP contribution in [0.1, 0.15) is 31.7 Å². The number of rotatable bonds is 16. The number of aliphatic carboxylic acids is 2. The number of carboxylic acid groups (broad SMARTS) is 2. The van der Waals surface area contributed by atoms with Crippen LogP contribution in [0, 0.1) is 0 Å². The lowest BCUT2D eigenvalue weighted by Gasteiger charge is -2.25. The molecule has 0 aliphatic heterocycles. The molecule has 1 rings (SSSR count). The Balaban J connectivity index is 3.10. The van der Waals surface area contributed by atoms with Crippen LogP contribution in [0.5, 0.6) is 5.75 Å². The number of nitrogens with two attached hydrogens (primary N) is 3. The third-order valence-corrected chi connectivity index (χ3v) is 5.40. The Kier molecular flexibility index (Phi) is 13.1. The summed E-state index contributed by atoms with van der Waals surface area (Å²) in [7, 11) is 0. The summed E-state index contributed by atoms with van der Waals surface area (Å²) in [6, 6.07) is -0.258. The summed E-state index contributed by atoms with van der Waals surface area (Å²) in [5, 5.41) is 44.5. The van der Waals surface area contributed by atoms with Gasteiger partial charge in [0.1, 0.15) is 29.9 Å². The van der Waals surface area contributed by atoms with E-state index in [2.05, 4.69) is 20.9 Å². The molecular formula is C23H35N7O9. The van der Waals surface area contributed by atoms with Crippen LogP contribution in [-0.2, 0) is 30.4 Å². The van der Waals surface area contributed by atoms with Crippen LogP contribution < -0.4 is 33.2 Å². The molecule has 0 aliphatic carbocycles. The van der Waals surface area contributed by atoms with Gasteiger partial charge in [0.25, 0.3) is 0 Å².